The van der Waals surface area contributed by atoms with Gasteiger partial charge in [0.15, 0.2) is 0 Å². The maximum absolute atomic E-state index is 13.3. The fourth-order valence-corrected chi connectivity index (χ4v) is 5.95. The molecule has 6 rings (SSSR count). The zero-order valence-electron chi connectivity index (χ0n) is 22.2. The van der Waals surface area contributed by atoms with Crippen molar-refractivity contribution in [3.63, 3.8) is 0 Å². The second-order valence-corrected chi connectivity index (χ2v) is 11.3. The summed E-state index contributed by atoms with van der Waals surface area (Å²) in [7, 11) is 0. The van der Waals surface area contributed by atoms with E-state index in [0.29, 0.717) is 24.0 Å². The van der Waals surface area contributed by atoms with Crippen molar-refractivity contribution in [2.24, 2.45) is 0 Å². The van der Waals surface area contributed by atoms with Crippen molar-refractivity contribution in [1.82, 2.24) is 30.3 Å². The van der Waals surface area contributed by atoms with E-state index in [1.54, 1.807) is 18.3 Å². The SMILES string of the molecule is CC1C=CC=C(C(C)(C)NC(=O)N2CCC3(CCn4nc(-c5cnc6ccc(OC(F)F)cc6c5)cc43)C2)N1. The summed E-state index contributed by atoms with van der Waals surface area (Å²) in [6.07, 6.45) is 9.67. The van der Waals surface area contributed by atoms with Crippen LogP contribution >= 0.6 is 0 Å². The van der Waals surface area contributed by atoms with Gasteiger partial charge in [0.05, 0.1) is 16.7 Å². The first-order valence-corrected chi connectivity index (χ1v) is 13.3. The average molecular weight is 535 g/mol. The number of nitrogens with zero attached hydrogens (tertiary/aromatic N) is 4. The third-order valence-electron chi connectivity index (χ3n) is 8.08. The topological polar surface area (TPSA) is 84.3 Å². The van der Waals surface area contributed by atoms with E-state index < -0.39 is 12.2 Å². The van der Waals surface area contributed by atoms with Gasteiger partial charge in [-0.2, -0.15) is 13.9 Å². The Bertz CT molecular complexity index is 1500. The minimum absolute atomic E-state index is 0.0690. The number of hydrogen-bond acceptors (Lipinski definition) is 5. The smallest absolute Gasteiger partial charge is 0.387 e. The number of hydrogen-bond donors (Lipinski definition) is 2. The van der Waals surface area contributed by atoms with Gasteiger partial charge in [-0.1, -0.05) is 12.2 Å². The number of aromatic nitrogens is 3. The minimum atomic E-state index is -2.88. The highest BCUT2D eigenvalue weighted by molar-refractivity contribution is 5.84. The van der Waals surface area contributed by atoms with Gasteiger partial charge in [-0.25, -0.2) is 4.79 Å². The van der Waals surface area contributed by atoms with Gasteiger partial charge in [-0.3, -0.25) is 9.67 Å². The van der Waals surface area contributed by atoms with E-state index in [4.69, 9.17) is 5.10 Å². The van der Waals surface area contributed by atoms with Gasteiger partial charge in [0.25, 0.3) is 0 Å². The Hall–Kier alpha value is -3.95. The lowest BCUT2D eigenvalue weighted by Crippen LogP contribution is -2.54. The predicted octanol–water partition coefficient (Wildman–Crippen LogP) is 4.97. The lowest BCUT2D eigenvalue weighted by molar-refractivity contribution is -0.0497. The quantitative estimate of drug-likeness (QED) is 0.483. The number of ether oxygens (including phenoxy) is 1. The Labute approximate surface area is 225 Å². The molecule has 3 aliphatic heterocycles. The molecule has 0 aliphatic carbocycles. The lowest BCUT2D eigenvalue weighted by Gasteiger charge is -2.34. The molecule has 2 atom stereocenters. The summed E-state index contributed by atoms with van der Waals surface area (Å²) < 4.78 is 31.9. The molecule has 204 valence electrons. The van der Waals surface area contributed by atoms with Crippen LogP contribution in [0.25, 0.3) is 22.2 Å². The summed E-state index contributed by atoms with van der Waals surface area (Å²) in [6, 6.07) is 8.84. The number of dihydropyridines is 1. The van der Waals surface area contributed by atoms with Crippen LogP contribution in [0.15, 0.2) is 60.5 Å². The van der Waals surface area contributed by atoms with Crippen LogP contribution < -0.4 is 15.4 Å². The van der Waals surface area contributed by atoms with Gasteiger partial charge in [0, 0.05) is 59.6 Å². The van der Waals surface area contributed by atoms with Crippen molar-refractivity contribution in [3.8, 4) is 17.0 Å². The van der Waals surface area contributed by atoms with Gasteiger partial charge in [0.2, 0.25) is 0 Å². The van der Waals surface area contributed by atoms with Crippen molar-refractivity contribution >= 4 is 16.9 Å². The summed E-state index contributed by atoms with van der Waals surface area (Å²) in [5.41, 5.74) is 3.71. The number of rotatable bonds is 5. The van der Waals surface area contributed by atoms with Gasteiger partial charge >= 0.3 is 12.6 Å². The monoisotopic (exact) mass is 534 g/mol. The number of allylic oxidation sites excluding steroid dienone is 2. The number of benzene rings is 1. The Morgan fingerprint density at radius 2 is 2.05 bits per heavy atom. The summed E-state index contributed by atoms with van der Waals surface area (Å²) in [4.78, 5) is 19.7. The second-order valence-electron chi connectivity index (χ2n) is 11.3. The van der Waals surface area contributed by atoms with Crippen LogP contribution in [-0.2, 0) is 12.0 Å². The average Bonchev–Trinajstić information content (AvgIpc) is 3.60. The molecule has 0 bridgehead atoms. The minimum Gasteiger partial charge on any atom is -0.435 e. The molecule has 2 amide bonds. The van der Waals surface area contributed by atoms with E-state index in [-0.39, 0.29) is 23.2 Å². The molecule has 39 heavy (non-hydrogen) atoms. The highest BCUT2D eigenvalue weighted by Crippen LogP contribution is 2.44. The van der Waals surface area contributed by atoms with Crippen LogP contribution in [0, 0.1) is 0 Å². The van der Waals surface area contributed by atoms with Crippen LogP contribution in [0.3, 0.4) is 0 Å². The van der Waals surface area contributed by atoms with E-state index in [0.717, 1.165) is 42.0 Å². The number of alkyl halides is 2. The second kappa shape index (κ2) is 9.36. The number of carbonyl (C=O) groups excluding carboxylic acids is 1. The van der Waals surface area contributed by atoms with Gasteiger partial charge in [-0.05, 0) is 70.0 Å². The number of halogens is 2. The molecule has 2 unspecified atom stereocenters. The first kappa shape index (κ1) is 25.3. The zero-order chi connectivity index (χ0) is 27.4. The van der Waals surface area contributed by atoms with Crippen LogP contribution in [-0.4, -0.2) is 57.0 Å². The van der Waals surface area contributed by atoms with Gasteiger partial charge < -0.3 is 20.3 Å². The van der Waals surface area contributed by atoms with Crippen molar-refractivity contribution in [2.45, 2.75) is 63.8 Å². The largest absolute Gasteiger partial charge is 0.435 e. The highest BCUT2D eigenvalue weighted by atomic mass is 19.3. The fraction of sp³-hybridized carbons (Fsp3) is 0.414. The van der Waals surface area contributed by atoms with Crippen molar-refractivity contribution in [3.05, 3.63) is 66.1 Å². The Morgan fingerprint density at radius 1 is 1.23 bits per heavy atom. The molecule has 1 fully saturated rings. The van der Waals surface area contributed by atoms with E-state index >= 15 is 0 Å². The first-order valence-electron chi connectivity index (χ1n) is 13.3. The molecule has 3 aromatic rings. The van der Waals surface area contributed by atoms with E-state index in [2.05, 4.69) is 39.4 Å². The fourth-order valence-electron chi connectivity index (χ4n) is 5.95. The molecule has 8 nitrogen and oxygen atoms in total. The molecule has 1 aromatic carbocycles. The van der Waals surface area contributed by atoms with Gasteiger partial charge in [0.1, 0.15) is 5.75 Å². The van der Waals surface area contributed by atoms with Crippen molar-refractivity contribution in [1.29, 1.82) is 0 Å². The van der Waals surface area contributed by atoms with Crippen LogP contribution in [0.4, 0.5) is 13.6 Å². The number of amides is 2. The number of pyridine rings is 1. The molecule has 3 aliphatic rings. The summed E-state index contributed by atoms with van der Waals surface area (Å²) >= 11 is 0. The number of nitrogens with one attached hydrogen (secondary N) is 2. The standard InChI is InChI=1S/C29H32F2N6O2/c1-18-5-4-6-24(33-18)28(2,3)34-27(38)36-11-9-29(17-36)10-12-37-25(29)15-23(35-37)20-13-19-14-21(39-26(30)31)7-8-22(19)32-16-20/h4-8,13-16,18,26,33H,9-12,17H2,1-3H3,(H,34,38). The Kier molecular flexibility index (Phi) is 6.08. The Morgan fingerprint density at radius 3 is 2.85 bits per heavy atom. The number of likely N-dealkylation sites (tertiary alicyclic amines) is 1. The molecular formula is C29H32F2N6O2. The molecule has 1 saturated heterocycles. The molecule has 5 heterocycles. The number of carbonyl (C=O) groups is 1. The zero-order valence-corrected chi connectivity index (χ0v) is 22.2. The third kappa shape index (κ3) is 4.72. The van der Waals surface area contributed by atoms with E-state index in [9.17, 15) is 13.6 Å². The summed E-state index contributed by atoms with van der Waals surface area (Å²) in [6.45, 7) is 5.31. The van der Waals surface area contributed by atoms with Crippen LogP contribution in [0.2, 0.25) is 0 Å². The van der Waals surface area contributed by atoms with Crippen molar-refractivity contribution < 1.29 is 18.3 Å². The van der Waals surface area contributed by atoms with E-state index in [1.165, 1.54) is 6.07 Å². The molecule has 10 heteroatoms. The normalized spacial score (nSPS) is 22.4. The van der Waals surface area contributed by atoms with E-state index in [1.807, 2.05) is 41.6 Å². The molecule has 0 radical (unpaired) electrons. The van der Waals surface area contributed by atoms with Crippen LogP contribution in [0.1, 0.15) is 39.3 Å². The van der Waals surface area contributed by atoms with Crippen molar-refractivity contribution in [2.75, 3.05) is 13.1 Å². The molecular weight excluding hydrogens is 502 g/mol. The predicted molar refractivity (Wildman–Crippen MR) is 145 cm³/mol. The lowest BCUT2D eigenvalue weighted by atomic mass is 9.82. The Balaban J connectivity index is 1.20. The molecule has 2 aromatic heterocycles. The van der Waals surface area contributed by atoms with Crippen LogP contribution in [0.5, 0.6) is 5.75 Å². The van der Waals surface area contributed by atoms with Gasteiger partial charge in [-0.15, -0.1) is 0 Å². The number of urea groups is 1. The highest BCUT2D eigenvalue weighted by Gasteiger charge is 2.47. The molecule has 0 saturated carbocycles. The molecule has 2 N–H and O–H groups in total. The number of fused-ring (bicyclic) bond motifs is 3. The summed E-state index contributed by atoms with van der Waals surface area (Å²) in [5, 5.41) is 12.2. The third-order valence-corrected chi connectivity index (χ3v) is 8.08. The maximum atomic E-state index is 13.3. The number of aryl methyl sites for hydroxylation is 1. The molecule has 1 spiro atoms. The summed E-state index contributed by atoms with van der Waals surface area (Å²) in [5.74, 6) is 0.0942. The maximum Gasteiger partial charge on any atom is 0.387 e. The first-order chi connectivity index (χ1) is 18.6.